The molecule has 1 aromatic carbocycles. The number of Topliss-reactive ketones (excluding diaryl/α,β-unsaturated/α-hetero) is 1. The van der Waals surface area contributed by atoms with Crippen LogP contribution in [-0.2, 0) is 4.79 Å². The molecule has 0 spiro atoms. The fraction of sp³-hybridized carbons (Fsp3) is 0.588. The summed E-state index contributed by atoms with van der Waals surface area (Å²) in [5.41, 5.74) is 1.23. The van der Waals surface area contributed by atoms with E-state index < -0.39 is 0 Å². The Morgan fingerprint density at radius 1 is 1.24 bits per heavy atom. The third-order valence-electron chi connectivity index (χ3n) is 4.12. The van der Waals surface area contributed by atoms with Crippen LogP contribution < -0.4 is 9.64 Å². The minimum atomic E-state index is 0.380. The summed E-state index contributed by atoms with van der Waals surface area (Å²) in [6.45, 7) is 7.19. The third kappa shape index (κ3) is 4.74. The molecular formula is C17H26N2O2. The van der Waals surface area contributed by atoms with Crippen molar-refractivity contribution in [2.24, 2.45) is 0 Å². The molecular weight excluding hydrogens is 264 g/mol. The van der Waals surface area contributed by atoms with Gasteiger partial charge in [0.15, 0.2) is 0 Å². The first-order valence-corrected chi connectivity index (χ1v) is 7.86. The largest absolute Gasteiger partial charge is 0.497 e. The summed E-state index contributed by atoms with van der Waals surface area (Å²) in [7, 11) is 1.70. The molecule has 0 bridgehead atoms. The molecule has 116 valence electrons. The molecule has 0 aromatic heterocycles. The van der Waals surface area contributed by atoms with E-state index in [1.165, 1.54) is 5.69 Å². The number of rotatable bonds is 7. The standard InChI is InChI=1S/C17H26N2O2/c1-3-16(20)7-5-9-18-10-12-19(13-11-18)15-6-4-8-17(14-15)21-2/h4,6,8,14H,3,5,7,9-13H2,1-2H3. The van der Waals surface area contributed by atoms with Crippen molar-refractivity contribution < 1.29 is 9.53 Å². The molecule has 0 N–H and O–H groups in total. The molecule has 4 heteroatoms. The molecule has 1 fully saturated rings. The van der Waals surface area contributed by atoms with Gasteiger partial charge in [-0.1, -0.05) is 13.0 Å². The topological polar surface area (TPSA) is 32.8 Å². The van der Waals surface area contributed by atoms with E-state index in [9.17, 15) is 4.79 Å². The van der Waals surface area contributed by atoms with E-state index in [2.05, 4.69) is 21.9 Å². The molecule has 1 saturated heterocycles. The molecule has 0 aliphatic carbocycles. The molecule has 4 nitrogen and oxygen atoms in total. The highest BCUT2D eigenvalue weighted by atomic mass is 16.5. The van der Waals surface area contributed by atoms with Gasteiger partial charge in [0.2, 0.25) is 0 Å². The van der Waals surface area contributed by atoms with Crippen molar-refractivity contribution in [1.82, 2.24) is 4.90 Å². The molecule has 1 aromatic rings. The molecule has 0 atom stereocenters. The average Bonchev–Trinajstić information content (AvgIpc) is 2.55. The lowest BCUT2D eigenvalue weighted by atomic mass is 10.1. The van der Waals surface area contributed by atoms with Crippen LogP contribution in [0.25, 0.3) is 0 Å². The SMILES string of the molecule is CCC(=O)CCCN1CCN(c2cccc(OC)c2)CC1. The first-order valence-electron chi connectivity index (χ1n) is 7.86. The van der Waals surface area contributed by atoms with Crippen molar-refractivity contribution in [3.8, 4) is 5.75 Å². The van der Waals surface area contributed by atoms with Crippen molar-refractivity contribution in [2.75, 3.05) is 44.7 Å². The molecule has 2 rings (SSSR count). The molecule has 1 heterocycles. The third-order valence-corrected chi connectivity index (χ3v) is 4.12. The van der Waals surface area contributed by atoms with E-state index in [1.54, 1.807) is 7.11 Å². The van der Waals surface area contributed by atoms with Gasteiger partial charge in [0, 0.05) is 50.8 Å². The zero-order valence-electron chi connectivity index (χ0n) is 13.2. The molecule has 1 aliphatic heterocycles. The van der Waals surface area contributed by atoms with Crippen LogP contribution in [0.2, 0.25) is 0 Å². The molecule has 0 amide bonds. The maximum atomic E-state index is 11.3. The van der Waals surface area contributed by atoms with Crippen LogP contribution in [-0.4, -0.2) is 50.5 Å². The molecule has 0 unspecified atom stereocenters. The van der Waals surface area contributed by atoms with Gasteiger partial charge in [0.1, 0.15) is 11.5 Å². The Bertz CT molecular complexity index is 454. The molecule has 0 radical (unpaired) electrons. The van der Waals surface area contributed by atoms with Crippen LogP contribution in [0.4, 0.5) is 5.69 Å². The summed E-state index contributed by atoms with van der Waals surface area (Å²) in [6.07, 6.45) is 2.39. The Morgan fingerprint density at radius 2 is 2.00 bits per heavy atom. The number of ketones is 1. The number of carbonyl (C=O) groups excluding carboxylic acids is 1. The van der Waals surface area contributed by atoms with Crippen LogP contribution in [0.5, 0.6) is 5.75 Å². The number of ether oxygens (including phenoxy) is 1. The lowest BCUT2D eigenvalue weighted by Gasteiger charge is -2.36. The molecule has 1 aliphatic rings. The van der Waals surface area contributed by atoms with Crippen LogP contribution in [0, 0.1) is 0 Å². The first-order chi connectivity index (χ1) is 10.2. The second-order valence-corrected chi connectivity index (χ2v) is 5.53. The number of benzene rings is 1. The van der Waals surface area contributed by atoms with Gasteiger partial charge < -0.3 is 9.64 Å². The summed E-state index contributed by atoms with van der Waals surface area (Å²) >= 11 is 0. The number of carbonyl (C=O) groups is 1. The Kier molecular flexibility index (Phi) is 6.05. The average molecular weight is 290 g/mol. The summed E-state index contributed by atoms with van der Waals surface area (Å²) < 4.78 is 5.28. The number of nitrogens with zero attached hydrogens (tertiary/aromatic N) is 2. The highest BCUT2D eigenvalue weighted by Gasteiger charge is 2.17. The van der Waals surface area contributed by atoms with Crippen molar-refractivity contribution in [2.45, 2.75) is 26.2 Å². The van der Waals surface area contributed by atoms with Gasteiger partial charge >= 0.3 is 0 Å². The van der Waals surface area contributed by atoms with Crippen LogP contribution in [0.1, 0.15) is 26.2 Å². The van der Waals surface area contributed by atoms with Crippen LogP contribution >= 0.6 is 0 Å². The van der Waals surface area contributed by atoms with Crippen molar-refractivity contribution >= 4 is 11.5 Å². The van der Waals surface area contributed by atoms with E-state index in [-0.39, 0.29) is 0 Å². The Balaban J connectivity index is 1.76. The fourth-order valence-corrected chi connectivity index (χ4v) is 2.71. The highest BCUT2D eigenvalue weighted by Crippen LogP contribution is 2.22. The van der Waals surface area contributed by atoms with Gasteiger partial charge in [-0.3, -0.25) is 9.69 Å². The van der Waals surface area contributed by atoms with Gasteiger partial charge in [-0.15, -0.1) is 0 Å². The zero-order chi connectivity index (χ0) is 15.1. The van der Waals surface area contributed by atoms with E-state index in [1.807, 2.05) is 19.1 Å². The monoisotopic (exact) mass is 290 g/mol. The maximum absolute atomic E-state index is 11.3. The number of methoxy groups -OCH3 is 1. The predicted octanol–water partition coefficient (Wildman–Crippen LogP) is 2.58. The minimum Gasteiger partial charge on any atom is -0.497 e. The zero-order valence-corrected chi connectivity index (χ0v) is 13.2. The van der Waals surface area contributed by atoms with Gasteiger partial charge in [-0.05, 0) is 25.1 Å². The summed E-state index contributed by atoms with van der Waals surface area (Å²) in [5.74, 6) is 1.29. The number of hydrogen-bond donors (Lipinski definition) is 0. The van der Waals surface area contributed by atoms with Gasteiger partial charge in [-0.2, -0.15) is 0 Å². The second-order valence-electron chi connectivity index (χ2n) is 5.53. The predicted molar refractivity (Wildman–Crippen MR) is 86.2 cm³/mol. The maximum Gasteiger partial charge on any atom is 0.132 e. The summed E-state index contributed by atoms with van der Waals surface area (Å²) in [4.78, 5) is 16.2. The lowest BCUT2D eigenvalue weighted by Crippen LogP contribution is -2.46. The first kappa shape index (κ1) is 15.8. The van der Waals surface area contributed by atoms with E-state index in [0.29, 0.717) is 12.2 Å². The van der Waals surface area contributed by atoms with Crippen molar-refractivity contribution in [3.05, 3.63) is 24.3 Å². The second kappa shape index (κ2) is 8.03. The number of hydrogen-bond acceptors (Lipinski definition) is 4. The van der Waals surface area contributed by atoms with Gasteiger partial charge in [0.25, 0.3) is 0 Å². The number of piperazine rings is 1. The number of anilines is 1. The Hall–Kier alpha value is -1.55. The van der Waals surface area contributed by atoms with E-state index in [0.717, 1.165) is 51.3 Å². The van der Waals surface area contributed by atoms with E-state index in [4.69, 9.17) is 4.74 Å². The van der Waals surface area contributed by atoms with Crippen LogP contribution in [0.3, 0.4) is 0 Å². The Morgan fingerprint density at radius 3 is 2.67 bits per heavy atom. The summed E-state index contributed by atoms with van der Waals surface area (Å²) in [6, 6.07) is 8.25. The van der Waals surface area contributed by atoms with E-state index >= 15 is 0 Å². The van der Waals surface area contributed by atoms with Crippen LogP contribution in [0.15, 0.2) is 24.3 Å². The van der Waals surface area contributed by atoms with Gasteiger partial charge in [-0.25, -0.2) is 0 Å². The quantitative estimate of drug-likeness (QED) is 0.773. The normalized spacial score (nSPS) is 16.0. The fourth-order valence-electron chi connectivity index (χ4n) is 2.71. The minimum absolute atomic E-state index is 0.380. The van der Waals surface area contributed by atoms with Crippen molar-refractivity contribution in [1.29, 1.82) is 0 Å². The molecule has 0 saturated carbocycles. The Labute approximate surface area is 127 Å². The smallest absolute Gasteiger partial charge is 0.132 e. The van der Waals surface area contributed by atoms with Gasteiger partial charge in [0.05, 0.1) is 7.11 Å². The lowest BCUT2D eigenvalue weighted by molar-refractivity contribution is -0.118. The van der Waals surface area contributed by atoms with Crippen molar-refractivity contribution in [3.63, 3.8) is 0 Å². The highest BCUT2D eigenvalue weighted by molar-refractivity contribution is 5.77. The molecule has 21 heavy (non-hydrogen) atoms. The summed E-state index contributed by atoms with van der Waals surface area (Å²) in [5, 5.41) is 0.